The van der Waals surface area contributed by atoms with Crippen LogP contribution in [0.1, 0.15) is 24.1 Å². The summed E-state index contributed by atoms with van der Waals surface area (Å²) in [6, 6.07) is 0. The highest BCUT2D eigenvalue weighted by atomic mass is 35.5. The van der Waals surface area contributed by atoms with Crippen LogP contribution >= 0.6 is 11.6 Å². The van der Waals surface area contributed by atoms with E-state index in [4.69, 9.17) is 21.1 Å². The summed E-state index contributed by atoms with van der Waals surface area (Å²) in [4.78, 5) is 0. The second-order valence-electron chi connectivity index (χ2n) is 4.47. The maximum Gasteiger partial charge on any atom is 0.131 e. The number of nitrogens with zero attached hydrogens (tertiary/aromatic N) is 2. The van der Waals surface area contributed by atoms with Crippen molar-refractivity contribution in [2.45, 2.75) is 26.3 Å². The second-order valence-corrected chi connectivity index (χ2v) is 4.83. The van der Waals surface area contributed by atoms with Gasteiger partial charge >= 0.3 is 0 Å². The van der Waals surface area contributed by atoms with Gasteiger partial charge in [0.15, 0.2) is 0 Å². The SMILES string of the molecule is COCCOCCCCNCc1c(C)nn(C)c1Cl. The third kappa shape index (κ3) is 5.91. The van der Waals surface area contributed by atoms with E-state index >= 15 is 0 Å². The van der Waals surface area contributed by atoms with Gasteiger partial charge in [0.05, 0.1) is 18.9 Å². The summed E-state index contributed by atoms with van der Waals surface area (Å²) < 4.78 is 12.0. The molecule has 1 aromatic heterocycles. The third-order valence-electron chi connectivity index (χ3n) is 2.90. The van der Waals surface area contributed by atoms with Gasteiger partial charge in [0, 0.05) is 32.9 Å². The van der Waals surface area contributed by atoms with Crippen LogP contribution < -0.4 is 5.32 Å². The van der Waals surface area contributed by atoms with Gasteiger partial charge in [-0.3, -0.25) is 4.68 Å². The number of aryl methyl sites for hydroxylation is 2. The molecule has 0 bridgehead atoms. The molecular weight excluding hydrogens is 266 g/mol. The highest BCUT2D eigenvalue weighted by molar-refractivity contribution is 6.30. The van der Waals surface area contributed by atoms with Crippen LogP contribution in [0.15, 0.2) is 0 Å². The van der Waals surface area contributed by atoms with E-state index < -0.39 is 0 Å². The lowest BCUT2D eigenvalue weighted by Crippen LogP contribution is -2.16. The van der Waals surface area contributed by atoms with Crippen LogP contribution in [-0.4, -0.2) is 43.3 Å². The molecule has 1 aromatic rings. The van der Waals surface area contributed by atoms with Crippen LogP contribution in [0.25, 0.3) is 0 Å². The fraction of sp³-hybridized carbons (Fsp3) is 0.769. The molecule has 1 heterocycles. The Morgan fingerprint density at radius 2 is 2.05 bits per heavy atom. The van der Waals surface area contributed by atoms with Gasteiger partial charge in [-0.15, -0.1) is 0 Å². The third-order valence-corrected chi connectivity index (χ3v) is 3.37. The number of nitrogens with one attached hydrogen (secondary N) is 1. The number of ether oxygens (including phenoxy) is 2. The van der Waals surface area contributed by atoms with Crippen molar-refractivity contribution in [1.82, 2.24) is 15.1 Å². The molecular formula is C13H24ClN3O2. The van der Waals surface area contributed by atoms with Crippen LogP contribution in [0.4, 0.5) is 0 Å². The summed E-state index contributed by atoms with van der Waals surface area (Å²) in [5.41, 5.74) is 2.07. The number of unbranched alkanes of at least 4 members (excludes halogenated alkanes) is 1. The van der Waals surface area contributed by atoms with Gasteiger partial charge < -0.3 is 14.8 Å². The topological polar surface area (TPSA) is 48.3 Å². The van der Waals surface area contributed by atoms with Gasteiger partial charge in [0.1, 0.15) is 5.15 Å². The van der Waals surface area contributed by atoms with E-state index in [0.717, 1.165) is 43.8 Å². The molecule has 5 nitrogen and oxygen atoms in total. The zero-order valence-corrected chi connectivity index (χ0v) is 12.8. The van der Waals surface area contributed by atoms with Crippen molar-refractivity contribution in [2.75, 3.05) is 33.5 Å². The number of aromatic nitrogens is 2. The number of halogens is 1. The first kappa shape index (κ1) is 16.4. The Kier molecular flexibility index (Phi) is 8.05. The zero-order valence-electron chi connectivity index (χ0n) is 12.0. The molecule has 0 fully saturated rings. The molecule has 19 heavy (non-hydrogen) atoms. The average molecular weight is 290 g/mol. The summed E-state index contributed by atoms with van der Waals surface area (Å²) in [5, 5.41) is 8.38. The molecule has 110 valence electrons. The van der Waals surface area contributed by atoms with E-state index in [2.05, 4.69) is 10.4 Å². The predicted octanol–water partition coefficient (Wildman–Crippen LogP) is 1.91. The number of methoxy groups -OCH3 is 1. The van der Waals surface area contributed by atoms with Crippen molar-refractivity contribution in [3.63, 3.8) is 0 Å². The van der Waals surface area contributed by atoms with E-state index in [9.17, 15) is 0 Å². The lowest BCUT2D eigenvalue weighted by atomic mass is 10.2. The van der Waals surface area contributed by atoms with E-state index in [1.165, 1.54) is 0 Å². The minimum absolute atomic E-state index is 0.664. The Morgan fingerprint density at radius 1 is 1.26 bits per heavy atom. The van der Waals surface area contributed by atoms with Gasteiger partial charge in [0.2, 0.25) is 0 Å². The van der Waals surface area contributed by atoms with Crippen molar-refractivity contribution in [3.05, 3.63) is 16.4 Å². The summed E-state index contributed by atoms with van der Waals surface area (Å²) in [6.45, 7) is 5.83. The van der Waals surface area contributed by atoms with Crippen LogP contribution in [0.5, 0.6) is 0 Å². The van der Waals surface area contributed by atoms with E-state index in [1.54, 1.807) is 11.8 Å². The molecule has 1 N–H and O–H groups in total. The summed E-state index contributed by atoms with van der Waals surface area (Å²) in [6.07, 6.45) is 2.14. The molecule has 0 atom stereocenters. The van der Waals surface area contributed by atoms with Gasteiger partial charge in [-0.2, -0.15) is 5.10 Å². The molecule has 0 aromatic carbocycles. The normalized spacial score (nSPS) is 11.2. The monoisotopic (exact) mass is 289 g/mol. The van der Waals surface area contributed by atoms with Crippen LogP contribution in [0.2, 0.25) is 5.15 Å². The summed E-state index contributed by atoms with van der Waals surface area (Å²) in [7, 11) is 3.54. The van der Waals surface area contributed by atoms with E-state index in [0.29, 0.717) is 18.4 Å². The first-order valence-corrected chi connectivity index (χ1v) is 7.00. The Labute approximate surface area is 120 Å². The quantitative estimate of drug-likeness (QED) is 0.669. The Hall–Kier alpha value is -0.620. The first-order valence-electron chi connectivity index (χ1n) is 6.62. The maximum absolute atomic E-state index is 6.15. The highest BCUT2D eigenvalue weighted by Crippen LogP contribution is 2.17. The maximum atomic E-state index is 6.15. The fourth-order valence-electron chi connectivity index (χ4n) is 1.79. The summed E-state index contributed by atoms with van der Waals surface area (Å²) >= 11 is 6.15. The van der Waals surface area contributed by atoms with Crippen molar-refractivity contribution >= 4 is 11.6 Å². The fourth-order valence-corrected chi connectivity index (χ4v) is 2.03. The predicted molar refractivity (Wildman–Crippen MR) is 76.6 cm³/mol. The molecule has 0 aliphatic heterocycles. The molecule has 6 heteroatoms. The molecule has 0 aliphatic rings. The first-order chi connectivity index (χ1) is 9.16. The zero-order chi connectivity index (χ0) is 14.1. The average Bonchev–Trinajstić information content (AvgIpc) is 2.63. The number of rotatable bonds is 10. The molecule has 0 spiro atoms. The Morgan fingerprint density at radius 3 is 2.68 bits per heavy atom. The minimum atomic E-state index is 0.664. The molecule has 0 saturated carbocycles. The second kappa shape index (κ2) is 9.31. The van der Waals surface area contributed by atoms with Crippen LogP contribution in [0.3, 0.4) is 0 Å². The molecule has 0 aliphatic carbocycles. The van der Waals surface area contributed by atoms with Crippen molar-refractivity contribution in [3.8, 4) is 0 Å². The van der Waals surface area contributed by atoms with Crippen molar-refractivity contribution in [1.29, 1.82) is 0 Å². The highest BCUT2D eigenvalue weighted by Gasteiger charge is 2.09. The lowest BCUT2D eigenvalue weighted by Gasteiger charge is -2.05. The minimum Gasteiger partial charge on any atom is -0.382 e. The molecule has 1 rings (SSSR count). The van der Waals surface area contributed by atoms with Gasteiger partial charge in [-0.25, -0.2) is 0 Å². The van der Waals surface area contributed by atoms with Crippen molar-refractivity contribution in [2.24, 2.45) is 7.05 Å². The number of hydrogen-bond donors (Lipinski definition) is 1. The Balaban J connectivity index is 2.05. The molecule has 0 saturated heterocycles. The van der Waals surface area contributed by atoms with Gasteiger partial charge in [0.25, 0.3) is 0 Å². The smallest absolute Gasteiger partial charge is 0.131 e. The summed E-state index contributed by atoms with van der Waals surface area (Å²) in [5.74, 6) is 0. The lowest BCUT2D eigenvalue weighted by molar-refractivity contribution is 0.0688. The van der Waals surface area contributed by atoms with Crippen LogP contribution in [-0.2, 0) is 23.1 Å². The van der Waals surface area contributed by atoms with E-state index in [-0.39, 0.29) is 0 Å². The van der Waals surface area contributed by atoms with Gasteiger partial charge in [-0.05, 0) is 26.3 Å². The van der Waals surface area contributed by atoms with Crippen molar-refractivity contribution < 1.29 is 9.47 Å². The Bertz CT molecular complexity index is 369. The largest absolute Gasteiger partial charge is 0.382 e. The molecule has 0 unspecified atom stereocenters. The molecule has 0 radical (unpaired) electrons. The molecule has 0 amide bonds. The standard InChI is InChI=1S/C13H24ClN3O2/c1-11-12(13(14)17(2)16-11)10-15-6-4-5-7-19-9-8-18-3/h15H,4-10H2,1-3H3. The number of hydrogen-bond acceptors (Lipinski definition) is 4. The van der Waals surface area contributed by atoms with Crippen LogP contribution in [0, 0.1) is 6.92 Å². The van der Waals surface area contributed by atoms with Gasteiger partial charge in [-0.1, -0.05) is 11.6 Å². The van der Waals surface area contributed by atoms with E-state index in [1.807, 2.05) is 14.0 Å².